The molecule has 2 aromatic rings. The summed E-state index contributed by atoms with van der Waals surface area (Å²) in [5.74, 6) is 1.14. The van der Waals surface area contributed by atoms with Gasteiger partial charge in [-0.25, -0.2) is 4.68 Å². The number of aromatic nitrogens is 2. The first-order valence-corrected chi connectivity index (χ1v) is 6.48. The first-order valence-electron chi connectivity index (χ1n) is 6.48. The molecule has 1 N–H and O–H groups in total. The van der Waals surface area contributed by atoms with Crippen LogP contribution in [-0.4, -0.2) is 22.9 Å². The largest absolute Gasteiger partial charge is 0.435 e. The minimum absolute atomic E-state index is 0.0428. The molecule has 1 atom stereocenters. The number of aryl methyl sites for hydroxylation is 1. The highest BCUT2D eigenvalue weighted by Crippen LogP contribution is 2.31. The lowest BCUT2D eigenvalue weighted by Crippen LogP contribution is -2.24. The topological polar surface area (TPSA) is 39.1 Å². The van der Waals surface area contributed by atoms with E-state index in [0.29, 0.717) is 0 Å². The molecule has 0 spiro atoms. The van der Waals surface area contributed by atoms with E-state index < -0.39 is 6.61 Å². The smallest absolute Gasteiger partial charge is 0.387 e. The summed E-state index contributed by atoms with van der Waals surface area (Å²) in [4.78, 5) is 0. The number of hydrogen-bond donors (Lipinski definition) is 1. The van der Waals surface area contributed by atoms with Gasteiger partial charge in [-0.15, -0.1) is 0 Å². The molecule has 0 bridgehead atoms. The van der Waals surface area contributed by atoms with E-state index in [1.54, 1.807) is 12.1 Å². The molecule has 0 saturated carbocycles. The van der Waals surface area contributed by atoms with Crippen molar-refractivity contribution in [1.29, 1.82) is 0 Å². The summed E-state index contributed by atoms with van der Waals surface area (Å²) in [6.45, 7) is -0.0448. The van der Waals surface area contributed by atoms with Crippen LogP contribution in [0.5, 0.6) is 5.75 Å². The fraction of sp³-hybridized carbons (Fsp3) is 0.357. The number of rotatable bonds is 3. The van der Waals surface area contributed by atoms with Gasteiger partial charge in [-0.2, -0.15) is 13.9 Å². The minimum Gasteiger partial charge on any atom is -0.435 e. The molecule has 20 heavy (non-hydrogen) atoms. The summed E-state index contributed by atoms with van der Waals surface area (Å²) in [6, 6.07) is 8.85. The zero-order valence-electron chi connectivity index (χ0n) is 11.0. The van der Waals surface area contributed by atoms with Crippen molar-refractivity contribution in [3.8, 4) is 5.75 Å². The average molecular weight is 279 g/mol. The molecule has 2 heterocycles. The van der Waals surface area contributed by atoms with Gasteiger partial charge in [0, 0.05) is 12.6 Å². The van der Waals surface area contributed by atoms with E-state index in [9.17, 15) is 8.78 Å². The van der Waals surface area contributed by atoms with Crippen LogP contribution in [0.1, 0.15) is 23.7 Å². The number of nitrogens with one attached hydrogen (secondary N) is 1. The Labute approximate surface area is 115 Å². The third kappa shape index (κ3) is 2.45. The van der Waals surface area contributed by atoms with Crippen LogP contribution in [0.3, 0.4) is 0 Å². The molecule has 1 aliphatic heterocycles. The number of halogens is 2. The maximum atomic E-state index is 12.3. The van der Waals surface area contributed by atoms with Crippen LogP contribution in [0.4, 0.5) is 14.6 Å². The summed E-state index contributed by atoms with van der Waals surface area (Å²) >= 11 is 0. The SMILES string of the molecule is Cc1cc2n(n1)C(c1cccc(OC(F)F)c1)CCN2. The van der Waals surface area contributed by atoms with E-state index >= 15 is 0 Å². The van der Waals surface area contributed by atoms with E-state index in [1.807, 2.05) is 23.7 Å². The number of anilines is 1. The average Bonchev–Trinajstić information content (AvgIpc) is 2.78. The van der Waals surface area contributed by atoms with Crippen LogP contribution < -0.4 is 10.1 Å². The van der Waals surface area contributed by atoms with Gasteiger partial charge in [-0.3, -0.25) is 0 Å². The molecule has 0 aliphatic carbocycles. The van der Waals surface area contributed by atoms with Gasteiger partial charge in [0.15, 0.2) is 0 Å². The standard InChI is InChI=1S/C14H15F2N3O/c1-9-7-13-17-6-5-12(19(13)18-9)10-3-2-4-11(8-10)20-14(15)16/h2-4,7-8,12,14,17H,5-6H2,1H3. The van der Waals surface area contributed by atoms with E-state index in [0.717, 1.165) is 30.0 Å². The van der Waals surface area contributed by atoms with Gasteiger partial charge in [-0.05, 0) is 31.0 Å². The minimum atomic E-state index is -2.80. The summed E-state index contributed by atoms with van der Waals surface area (Å²) in [5.41, 5.74) is 1.85. The molecular formula is C14H15F2N3O. The third-order valence-corrected chi connectivity index (χ3v) is 3.35. The monoisotopic (exact) mass is 279 g/mol. The number of fused-ring (bicyclic) bond motifs is 1. The zero-order chi connectivity index (χ0) is 14.1. The molecule has 6 heteroatoms. The van der Waals surface area contributed by atoms with Crippen LogP contribution in [0.25, 0.3) is 0 Å². The quantitative estimate of drug-likeness (QED) is 0.937. The summed E-state index contributed by atoms with van der Waals surface area (Å²) < 4.78 is 30.9. The predicted molar refractivity (Wildman–Crippen MR) is 71.3 cm³/mol. The van der Waals surface area contributed by atoms with Gasteiger partial charge in [0.05, 0.1) is 11.7 Å². The van der Waals surface area contributed by atoms with Crippen molar-refractivity contribution in [3.05, 3.63) is 41.6 Å². The van der Waals surface area contributed by atoms with Gasteiger partial charge in [-0.1, -0.05) is 12.1 Å². The Morgan fingerprint density at radius 3 is 3.05 bits per heavy atom. The third-order valence-electron chi connectivity index (χ3n) is 3.35. The van der Waals surface area contributed by atoms with E-state index in [-0.39, 0.29) is 11.8 Å². The van der Waals surface area contributed by atoms with Crippen molar-refractivity contribution >= 4 is 5.82 Å². The van der Waals surface area contributed by atoms with Gasteiger partial charge in [0.2, 0.25) is 0 Å². The molecule has 0 amide bonds. The number of hydrogen-bond acceptors (Lipinski definition) is 3. The molecule has 4 nitrogen and oxygen atoms in total. The van der Waals surface area contributed by atoms with Crippen molar-refractivity contribution in [3.63, 3.8) is 0 Å². The highest BCUT2D eigenvalue weighted by atomic mass is 19.3. The lowest BCUT2D eigenvalue weighted by molar-refractivity contribution is -0.0499. The van der Waals surface area contributed by atoms with E-state index in [2.05, 4.69) is 15.2 Å². The highest BCUT2D eigenvalue weighted by molar-refractivity contribution is 5.42. The van der Waals surface area contributed by atoms with Gasteiger partial charge >= 0.3 is 6.61 Å². The Balaban J connectivity index is 1.93. The second-order valence-corrected chi connectivity index (χ2v) is 4.80. The fourth-order valence-corrected chi connectivity index (χ4v) is 2.55. The second-order valence-electron chi connectivity index (χ2n) is 4.80. The Kier molecular flexibility index (Phi) is 3.30. The predicted octanol–water partition coefficient (Wildman–Crippen LogP) is 3.20. The zero-order valence-corrected chi connectivity index (χ0v) is 11.0. The molecule has 0 fully saturated rings. The highest BCUT2D eigenvalue weighted by Gasteiger charge is 2.22. The molecule has 0 saturated heterocycles. The molecule has 3 rings (SSSR count). The van der Waals surface area contributed by atoms with Crippen molar-refractivity contribution in [2.45, 2.75) is 26.0 Å². The van der Waals surface area contributed by atoms with Crippen LogP contribution in [0, 0.1) is 6.92 Å². The molecule has 0 radical (unpaired) electrons. The molecule has 1 unspecified atom stereocenters. The number of ether oxygens (including phenoxy) is 1. The van der Waals surface area contributed by atoms with Crippen molar-refractivity contribution in [1.82, 2.24) is 9.78 Å². The lowest BCUT2D eigenvalue weighted by Gasteiger charge is -2.26. The normalized spacial score (nSPS) is 17.7. The molecule has 1 aliphatic rings. The van der Waals surface area contributed by atoms with Gasteiger partial charge in [0.25, 0.3) is 0 Å². The number of alkyl halides is 2. The van der Waals surface area contributed by atoms with E-state index in [4.69, 9.17) is 0 Å². The van der Waals surface area contributed by atoms with Crippen LogP contribution in [0.2, 0.25) is 0 Å². The van der Waals surface area contributed by atoms with Crippen LogP contribution in [-0.2, 0) is 0 Å². The molecule has 1 aromatic heterocycles. The second kappa shape index (κ2) is 5.11. The lowest BCUT2D eigenvalue weighted by atomic mass is 10.0. The summed E-state index contributed by atoms with van der Waals surface area (Å²) in [6.07, 6.45) is 0.853. The van der Waals surface area contributed by atoms with Gasteiger partial charge in [0.1, 0.15) is 11.6 Å². The molecular weight excluding hydrogens is 264 g/mol. The van der Waals surface area contributed by atoms with E-state index in [1.165, 1.54) is 6.07 Å². The Bertz CT molecular complexity index is 612. The van der Waals surface area contributed by atoms with Crippen LogP contribution in [0.15, 0.2) is 30.3 Å². The number of benzene rings is 1. The van der Waals surface area contributed by atoms with Gasteiger partial charge < -0.3 is 10.1 Å². The Morgan fingerprint density at radius 1 is 1.40 bits per heavy atom. The summed E-state index contributed by atoms with van der Waals surface area (Å²) in [5, 5.41) is 7.74. The fourth-order valence-electron chi connectivity index (χ4n) is 2.55. The first-order chi connectivity index (χ1) is 9.63. The van der Waals surface area contributed by atoms with Crippen LogP contribution >= 0.6 is 0 Å². The molecule has 106 valence electrons. The Hall–Kier alpha value is -2.11. The number of nitrogens with zero attached hydrogens (tertiary/aromatic N) is 2. The van der Waals surface area contributed by atoms with Crippen molar-refractivity contribution < 1.29 is 13.5 Å². The maximum absolute atomic E-state index is 12.3. The molecule has 1 aromatic carbocycles. The maximum Gasteiger partial charge on any atom is 0.387 e. The van der Waals surface area contributed by atoms with Crippen molar-refractivity contribution in [2.75, 3.05) is 11.9 Å². The Morgan fingerprint density at radius 2 is 2.25 bits per heavy atom. The van der Waals surface area contributed by atoms with Crippen molar-refractivity contribution in [2.24, 2.45) is 0 Å². The first kappa shape index (κ1) is 12.9. The summed E-state index contributed by atoms with van der Waals surface area (Å²) in [7, 11) is 0.